The Morgan fingerprint density at radius 1 is 1.14 bits per heavy atom. The molecule has 0 aliphatic heterocycles. The Kier molecular flexibility index (Phi) is 8.44. The zero-order valence-corrected chi connectivity index (χ0v) is 21.0. The van der Waals surface area contributed by atoms with E-state index in [0.717, 1.165) is 23.8 Å². The van der Waals surface area contributed by atoms with Crippen LogP contribution in [0.2, 0.25) is 5.02 Å². The first kappa shape index (κ1) is 27.9. The predicted molar refractivity (Wildman–Crippen MR) is 131 cm³/mol. The highest BCUT2D eigenvalue weighted by molar-refractivity contribution is 6.30. The molecule has 0 bridgehead atoms. The minimum Gasteiger partial charge on any atom is -0.462 e. The summed E-state index contributed by atoms with van der Waals surface area (Å²) in [6.45, 7) is 4.65. The second-order valence-electron chi connectivity index (χ2n) is 9.08. The number of hydrogen-bond acceptors (Lipinski definition) is 4. The van der Waals surface area contributed by atoms with Crippen LogP contribution in [0.4, 0.5) is 17.6 Å². The van der Waals surface area contributed by atoms with E-state index in [4.69, 9.17) is 16.3 Å². The average molecular weight is 534 g/mol. The van der Waals surface area contributed by atoms with Gasteiger partial charge in [-0.2, -0.15) is 18.4 Å². The van der Waals surface area contributed by atoms with Gasteiger partial charge in [-0.05, 0) is 74.7 Å². The molecule has 0 spiro atoms. The summed E-state index contributed by atoms with van der Waals surface area (Å²) in [5.41, 5.74) is -0.893. The maximum absolute atomic E-state index is 14.3. The first-order valence-corrected chi connectivity index (χ1v) is 11.6. The Labute approximate surface area is 217 Å². The van der Waals surface area contributed by atoms with E-state index in [-0.39, 0.29) is 11.4 Å². The molecule has 0 radical (unpaired) electrons. The molecule has 194 valence electrons. The van der Waals surface area contributed by atoms with Crippen molar-refractivity contribution < 1.29 is 27.1 Å². The summed E-state index contributed by atoms with van der Waals surface area (Å²) in [7, 11) is 0. The minimum absolute atomic E-state index is 0.145. The first-order chi connectivity index (χ1) is 17.3. The van der Waals surface area contributed by atoms with Crippen molar-refractivity contribution in [1.82, 2.24) is 10.3 Å². The number of ether oxygens (including phenoxy) is 1. The monoisotopic (exact) mass is 533 g/mol. The summed E-state index contributed by atoms with van der Waals surface area (Å²) in [5, 5.41) is 12.7. The normalized spacial score (nSPS) is 13.4. The van der Waals surface area contributed by atoms with Crippen LogP contribution >= 0.6 is 11.6 Å². The molecule has 5 nitrogen and oxygen atoms in total. The minimum atomic E-state index is -4.55. The van der Waals surface area contributed by atoms with Gasteiger partial charge < -0.3 is 10.1 Å². The van der Waals surface area contributed by atoms with Crippen LogP contribution in [0, 0.1) is 17.1 Å². The summed E-state index contributed by atoms with van der Waals surface area (Å²) in [6, 6.07) is 14.3. The van der Waals surface area contributed by atoms with Gasteiger partial charge in [-0.3, -0.25) is 4.79 Å². The molecule has 0 fully saturated rings. The first-order valence-electron chi connectivity index (χ1n) is 11.3. The molecule has 37 heavy (non-hydrogen) atoms. The van der Waals surface area contributed by atoms with E-state index in [2.05, 4.69) is 10.3 Å². The predicted octanol–water partition coefficient (Wildman–Crippen LogP) is 6.45. The molecule has 0 aliphatic rings. The lowest BCUT2D eigenvalue weighted by molar-refractivity contribution is -0.138. The molecule has 3 rings (SSSR count). The fourth-order valence-corrected chi connectivity index (χ4v) is 3.87. The van der Waals surface area contributed by atoms with Gasteiger partial charge in [0, 0.05) is 29.2 Å². The van der Waals surface area contributed by atoms with E-state index >= 15 is 0 Å². The van der Waals surface area contributed by atoms with Crippen molar-refractivity contribution in [2.45, 2.75) is 50.9 Å². The number of rotatable bonds is 8. The van der Waals surface area contributed by atoms with Crippen molar-refractivity contribution in [2.75, 3.05) is 0 Å². The van der Waals surface area contributed by atoms with E-state index < -0.39 is 41.0 Å². The van der Waals surface area contributed by atoms with E-state index in [1.165, 1.54) is 19.9 Å². The maximum atomic E-state index is 14.3. The number of nitriles is 1. The van der Waals surface area contributed by atoms with Crippen LogP contribution in [0.5, 0.6) is 5.88 Å². The third kappa shape index (κ3) is 7.43. The van der Waals surface area contributed by atoms with Gasteiger partial charge in [0.25, 0.3) is 5.91 Å². The lowest BCUT2D eigenvalue weighted by Gasteiger charge is -2.30. The molecule has 0 unspecified atom stereocenters. The quantitative estimate of drug-likeness (QED) is 0.337. The number of halogens is 5. The molecule has 1 heterocycles. The van der Waals surface area contributed by atoms with E-state index in [1.54, 1.807) is 25.1 Å². The third-order valence-corrected chi connectivity index (χ3v) is 6.03. The van der Waals surface area contributed by atoms with E-state index in [1.807, 2.05) is 18.2 Å². The fourth-order valence-electron chi connectivity index (χ4n) is 3.75. The van der Waals surface area contributed by atoms with Crippen LogP contribution < -0.4 is 10.1 Å². The van der Waals surface area contributed by atoms with Crippen molar-refractivity contribution >= 4 is 17.5 Å². The van der Waals surface area contributed by atoms with Gasteiger partial charge in [-0.15, -0.1) is 0 Å². The van der Waals surface area contributed by atoms with Gasteiger partial charge in [0.15, 0.2) is 5.60 Å². The van der Waals surface area contributed by atoms with Crippen LogP contribution in [-0.2, 0) is 17.4 Å². The van der Waals surface area contributed by atoms with Gasteiger partial charge in [0.2, 0.25) is 5.88 Å². The Morgan fingerprint density at radius 2 is 1.81 bits per heavy atom. The Morgan fingerprint density at radius 3 is 2.38 bits per heavy atom. The second kappa shape index (κ2) is 11.2. The van der Waals surface area contributed by atoms with Gasteiger partial charge >= 0.3 is 6.18 Å². The van der Waals surface area contributed by atoms with Crippen molar-refractivity contribution in [3.8, 4) is 11.9 Å². The molecule has 2 aromatic carbocycles. The summed E-state index contributed by atoms with van der Waals surface area (Å²) >= 11 is 5.99. The maximum Gasteiger partial charge on any atom is 0.417 e. The zero-order valence-electron chi connectivity index (χ0n) is 20.2. The number of alkyl halides is 3. The van der Waals surface area contributed by atoms with Crippen molar-refractivity contribution in [2.24, 2.45) is 0 Å². The number of aromatic nitrogens is 1. The van der Waals surface area contributed by atoms with Crippen LogP contribution in [0.25, 0.3) is 0 Å². The van der Waals surface area contributed by atoms with Crippen LogP contribution in [0.1, 0.15) is 48.9 Å². The molecule has 0 aliphatic carbocycles. The summed E-state index contributed by atoms with van der Waals surface area (Å²) in [5.74, 6) is -1.72. The SMILES string of the molecule is C[C@H](NC(=O)C(C)(C)Oc1ccc(C(F)(F)F)cn1)[C@@H](Cc1ccc(Cl)cc1)c1cc(F)cc(C#N)c1. The number of carbonyl (C=O) groups excluding carboxylic acids is 1. The van der Waals surface area contributed by atoms with Crippen LogP contribution in [-0.4, -0.2) is 22.5 Å². The van der Waals surface area contributed by atoms with Crippen molar-refractivity contribution in [1.29, 1.82) is 5.26 Å². The largest absolute Gasteiger partial charge is 0.462 e. The summed E-state index contributed by atoms with van der Waals surface area (Å²) < 4.78 is 58.3. The topological polar surface area (TPSA) is 75.0 Å². The number of nitrogens with zero attached hydrogens (tertiary/aromatic N) is 2. The smallest absolute Gasteiger partial charge is 0.417 e. The standard InChI is InChI=1S/C27H24ClF4N3O2/c1-16(35-25(36)26(2,3)37-24-9-6-20(15-34-24)27(30,31)32)23(12-17-4-7-21(28)8-5-17)19-10-18(14-33)11-22(29)13-19/h4-11,13,15-16,23H,12H2,1-3H3,(H,35,36)/t16-,23+/m0/s1. The zero-order chi connectivity index (χ0) is 27.4. The van der Waals surface area contributed by atoms with Gasteiger partial charge in [-0.25, -0.2) is 9.37 Å². The second-order valence-corrected chi connectivity index (χ2v) is 9.52. The van der Waals surface area contributed by atoms with E-state index in [9.17, 15) is 27.6 Å². The summed E-state index contributed by atoms with van der Waals surface area (Å²) in [4.78, 5) is 16.8. The number of pyridine rings is 1. The highest BCUT2D eigenvalue weighted by Gasteiger charge is 2.35. The summed E-state index contributed by atoms with van der Waals surface area (Å²) in [6.07, 6.45) is -3.52. The van der Waals surface area contributed by atoms with Crippen molar-refractivity contribution in [3.63, 3.8) is 0 Å². The number of carbonyl (C=O) groups is 1. The number of nitrogens with one attached hydrogen (secondary N) is 1. The molecule has 10 heteroatoms. The lowest BCUT2D eigenvalue weighted by Crippen LogP contribution is -2.51. The molecule has 1 amide bonds. The highest BCUT2D eigenvalue weighted by atomic mass is 35.5. The molecule has 2 atom stereocenters. The van der Waals surface area contributed by atoms with Crippen molar-refractivity contribution in [3.05, 3.63) is 93.9 Å². The number of amides is 1. The van der Waals surface area contributed by atoms with Gasteiger partial charge in [0.05, 0.1) is 17.2 Å². The fraction of sp³-hybridized carbons (Fsp3) is 0.296. The van der Waals surface area contributed by atoms with Crippen LogP contribution in [0.3, 0.4) is 0 Å². The molecule has 0 saturated heterocycles. The third-order valence-electron chi connectivity index (χ3n) is 5.78. The molecule has 1 aromatic heterocycles. The Hall–Kier alpha value is -3.64. The van der Waals surface area contributed by atoms with Gasteiger partial charge in [0.1, 0.15) is 5.82 Å². The van der Waals surface area contributed by atoms with Crippen LogP contribution in [0.15, 0.2) is 60.8 Å². The van der Waals surface area contributed by atoms with Gasteiger partial charge in [-0.1, -0.05) is 23.7 Å². The van der Waals surface area contributed by atoms with E-state index in [0.29, 0.717) is 23.2 Å². The molecule has 0 saturated carbocycles. The number of benzene rings is 2. The molecular weight excluding hydrogens is 510 g/mol. The molecular formula is C27H24ClF4N3O2. The average Bonchev–Trinajstić information content (AvgIpc) is 2.82. The number of hydrogen-bond donors (Lipinski definition) is 1. The Bertz CT molecular complexity index is 1290. The highest BCUT2D eigenvalue weighted by Crippen LogP contribution is 2.30. The molecule has 1 N–H and O–H groups in total. The molecule has 3 aromatic rings. The lowest BCUT2D eigenvalue weighted by atomic mass is 9.85. The Balaban J connectivity index is 1.82.